The van der Waals surface area contributed by atoms with E-state index in [2.05, 4.69) is 24.9 Å². The van der Waals surface area contributed by atoms with Gasteiger partial charge in [-0.2, -0.15) is 0 Å². The third kappa shape index (κ3) is 6.95. The van der Waals surface area contributed by atoms with Crippen LogP contribution >= 0.6 is 0 Å². The number of amides is 1. The zero-order chi connectivity index (χ0) is 11.7. The first-order valence-electron chi connectivity index (χ1n) is 5.74. The zero-order valence-electron chi connectivity index (χ0n) is 10.2. The van der Waals surface area contributed by atoms with Gasteiger partial charge >= 0.3 is 0 Å². The molecule has 2 nitrogen and oxygen atoms in total. The molecule has 0 aliphatic carbocycles. The van der Waals surface area contributed by atoms with Crippen molar-refractivity contribution in [2.75, 3.05) is 0 Å². The predicted octanol–water partition coefficient (Wildman–Crippen LogP) is 3.20. The number of nitrogens with one attached hydrogen (secondary N) is 1. The molecule has 0 fully saturated rings. The summed E-state index contributed by atoms with van der Waals surface area (Å²) in [6.07, 6.45) is 7.64. The molecule has 1 atom stereocenters. The van der Waals surface area contributed by atoms with Gasteiger partial charge in [0.1, 0.15) is 0 Å². The molecule has 0 aromatic heterocycles. The van der Waals surface area contributed by atoms with Crippen LogP contribution < -0.4 is 5.32 Å². The van der Waals surface area contributed by atoms with Gasteiger partial charge < -0.3 is 5.32 Å². The lowest BCUT2D eigenvalue weighted by Gasteiger charge is -2.13. The quantitative estimate of drug-likeness (QED) is 0.641. The first-order valence-corrected chi connectivity index (χ1v) is 5.74. The molecule has 0 aliphatic rings. The Morgan fingerprint density at radius 1 is 1.47 bits per heavy atom. The minimum Gasteiger partial charge on any atom is -0.354 e. The fourth-order valence-corrected chi connectivity index (χ4v) is 1.38. The number of hydrogen-bond donors (Lipinski definition) is 1. The fourth-order valence-electron chi connectivity index (χ4n) is 1.38. The van der Waals surface area contributed by atoms with E-state index in [0.717, 1.165) is 19.3 Å². The van der Waals surface area contributed by atoms with Crippen molar-refractivity contribution < 1.29 is 4.79 Å². The Balaban J connectivity index is 3.88. The average Bonchev–Trinajstić information content (AvgIpc) is 2.23. The summed E-state index contributed by atoms with van der Waals surface area (Å²) in [6, 6.07) is 0.248. The number of rotatable bonds is 7. The Morgan fingerprint density at radius 3 is 2.60 bits per heavy atom. The minimum absolute atomic E-state index is 0.127. The van der Waals surface area contributed by atoms with Gasteiger partial charge in [-0.3, -0.25) is 4.79 Å². The highest BCUT2D eigenvalue weighted by atomic mass is 16.1. The van der Waals surface area contributed by atoms with Crippen molar-refractivity contribution >= 4 is 5.91 Å². The van der Waals surface area contributed by atoms with E-state index < -0.39 is 0 Å². The van der Waals surface area contributed by atoms with Gasteiger partial charge in [0, 0.05) is 12.5 Å². The maximum absolute atomic E-state index is 11.1. The summed E-state index contributed by atoms with van der Waals surface area (Å²) in [7, 11) is 0. The van der Waals surface area contributed by atoms with Gasteiger partial charge in [-0.15, -0.1) is 0 Å². The molecule has 0 rings (SSSR count). The molecule has 2 heteroatoms. The summed E-state index contributed by atoms with van der Waals surface area (Å²) in [5.41, 5.74) is 1.27. The topological polar surface area (TPSA) is 29.1 Å². The maximum Gasteiger partial charge on any atom is 0.219 e. The van der Waals surface area contributed by atoms with Gasteiger partial charge in [0.05, 0.1) is 0 Å². The van der Waals surface area contributed by atoms with Gasteiger partial charge in [0.2, 0.25) is 5.91 Å². The number of hydrogen-bond acceptors (Lipinski definition) is 1. The van der Waals surface area contributed by atoms with E-state index in [1.807, 2.05) is 19.9 Å². The molecule has 1 unspecified atom stereocenters. The normalized spacial score (nSPS) is 13.4. The van der Waals surface area contributed by atoms with Crippen molar-refractivity contribution in [1.82, 2.24) is 5.32 Å². The first kappa shape index (κ1) is 13.9. The maximum atomic E-state index is 11.1. The highest BCUT2D eigenvalue weighted by molar-refractivity contribution is 5.75. The molecule has 0 saturated heterocycles. The van der Waals surface area contributed by atoms with Gasteiger partial charge in [0.25, 0.3) is 0 Å². The molecule has 0 radical (unpaired) electrons. The summed E-state index contributed by atoms with van der Waals surface area (Å²) in [5, 5.41) is 2.95. The number of carbonyl (C=O) groups is 1. The lowest BCUT2D eigenvalue weighted by molar-refractivity contribution is -0.121. The second kappa shape index (κ2) is 8.27. The van der Waals surface area contributed by atoms with E-state index >= 15 is 0 Å². The summed E-state index contributed by atoms with van der Waals surface area (Å²) < 4.78 is 0. The largest absolute Gasteiger partial charge is 0.354 e. The minimum atomic E-state index is 0.127. The Bertz CT molecular complexity index is 231. The molecular formula is C13H23NO. The van der Waals surface area contributed by atoms with Crippen molar-refractivity contribution in [2.45, 2.75) is 52.5 Å². The van der Waals surface area contributed by atoms with Gasteiger partial charge in [-0.25, -0.2) is 0 Å². The summed E-state index contributed by atoms with van der Waals surface area (Å²) in [4.78, 5) is 11.1. The third-order valence-corrected chi connectivity index (χ3v) is 2.32. The van der Waals surface area contributed by atoms with Crippen molar-refractivity contribution in [3.63, 3.8) is 0 Å². The van der Waals surface area contributed by atoms with Crippen molar-refractivity contribution in [1.29, 1.82) is 0 Å². The SMILES string of the molecule is C=C/C(=C\CC)CCC(C)NC(=O)CC. The molecule has 0 bridgehead atoms. The van der Waals surface area contributed by atoms with E-state index in [0.29, 0.717) is 6.42 Å². The summed E-state index contributed by atoms with van der Waals surface area (Å²) >= 11 is 0. The van der Waals surface area contributed by atoms with Crippen LogP contribution in [0.2, 0.25) is 0 Å². The molecule has 0 heterocycles. The molecule has 0 aromatic rings. The first-order chi connectivity index (χ1) is 7.13. The van der Waals surface area contributed by atoms with Crippen LogP contribution in [0.5, 0.6) is 0 Å². The lowest BCUT2D eigenvalue weighted by atomic mass is 10.1. The molecule has 0 saturated carbocycles. The highest BCUT2D eigenvalue weighted by Crippen LogP contribution is 2.09. The van der Waals surface area contributed by atoms with E-state index in [4.69, 9.17) is 0 Å². The smallest absolute Gasteiger partial charge is 0.219 e. The molecule has 86 valence electrons. The zero-order valence-corrected chi connectivity index (χ0v) is 10.2. The van der Waals surface area contributed by atoms with Gasteiger partial charge in [-0.05, 0) is 26.2 Å². The van der Waals surface area contributed by atoms with Crippen LogP contribution in [0.25, 0.3) is 0 Å². The summed E-state index contributed by atoms with van der Waals surface area (Å²) in [6.45, 7) is 9.81. The molecule has 1 amide bonds. The Hall–Kier alpha value is -1.05. The monoisotopic (exact) mass is 209 g/mol. The number of carbonyl (C=O) groups excluding carboxylic acids is 1. The average molecular weight is 209 g/mol. The fraction of sp³-hybridized carbons (Fsp3) is 0.615. The third-order valence-electron chi connectivity index (χ3n) is 2.32. The van der Waals surface area contributed by atoms with Crippen LogP contribution in [-0.2, 0) is 4.79 Å². The highest BCUT2D eigenvalue weighted by Gasteiger charge is 2.05. The van der Waals surface area contributed by atoms with E-state index in [1.54, 1.807) is 0 Å². The van der Waals surface area contributed by atoms with Crippen LogP contribution in [0.1, 0.15) is 46.5 Å². The second-order valence-electron chi connectivity index (χ2n) is 3.75. The molecule has 0 aromatic carbocycles. The molecule has 0 aliphatic heterocycles. The standard InChI is InChI=1S/C13H23NO/c1-5-8-12(6-2)10-9-11(4)14-13(15)7-3/h6,8,11H,2,5,7,9-10H2,1,3-4H3,(H,14,15)/b12-8+. The van der Waals surface area contributed by atoms with Crippen LogP contribution in [0, 0.1) is 0 Å². The Labute approximate surface area is 93.5 Å². The van der Waals surface area contributed by atoms with Crippen LogP contribution in [0.4, 0.5) is 0 Å². The van der Waals surface area contributed by atoms with Crippen LogP contribution in [0.3, 0.4) is 0 Å². The van der Waals surface area contributed by atoms with Crippen molar-refractivity contribution in [2.24, 2.45) is 0 Å². The molecule has 0 spiro atoms. The van der Waals surface area contributed by atoms with Gasteiger partial charge in [-0.1, -0.05) is 38.2 Å². The summed E-state index contributed by atoms with van der Waals surface area (Å²) in [5.74, 6) is 0.127. The van der Waals surface area contributed by atoms with Crippen LogP contribution in [-0.4, -0.2) is 11.9 Å². The Morgan fingerprint density at radius 2 is 2.13 bits per heavy atom. The van der Waals surface area contributed by atoms with Crippen LogP contribution in [0.15, 0.2) is 24.3 Å². The van der Waals surface area contributed by atoms with Crippen molar-refractivity contribution in [3.05, 3.63) is 24.3 Å². The predicted molar refractivity (Wildman–Crippen MR) is 65.7 cm³/mol. The molecular weight excluding hydrogens is 186 g/mol. The van der Waals surface area contributed by atoms with E-state index in [-0.39, 0.29) is 11.9 Å². The Kier molecular flexibility index (Phi) is 7.69. The van der Waals surface area contributed by atoms with Crippen molar-refractivity contribution in [3.8, 4) is 0 Å². The van der Waals surface area contributed by atoms with E-state index in [9.17, 15) is 4.79 Å². The van der Waals surface area contributed by atoms with E-state index in [1.165, 1.54) is 5.57 Å². The molecule has 1 N–H and O–H groups in total. The number of allylic oxidation sites excluding steroid dienone is 3. The molecule has 15 heavy (non-hydrogen) atoms. The van der Waals surface area contributed by atoms with Gasteiger partial charge in [0.15, 0.2) is 0 Å². The second-order valence-corrected chi connectivity index (χ2v) is 3.75. The lowest BCUT2D eigenvalue weighted by Crippen LogP contribution is -2.31.